The molecule has 7 nitrogen and oxygen atoms in total. The van der Waals surface area contributed by atoms with Crippen LogP contribution in [-0.2, 0) is 9.53 Å². The van der Waals surface area contributed by atoms with Crippen molar-refractivity contribution < 1.29 is 9.53 Å². The molecule has 2 N–H and O–H groups in total. The van der Waals surface area contributed by atoms with Crippen molar-refractivity contribution in [3.8, 4) is 0 Å². The summed E-state index contributed by atoms with van der Waals surface area (Å²) in [5.74, 6) is 0.551. The van der Waals surface area contributed by atoms with Crippen LogP contribution in [0.4, 0.5) is 0 Å². The highest BCUT2D eigenvalue weighted by molar-refractivity contribution is 6.12. The molecule has 1 fully saturated rings. The van der Waals surface area contributed by atoms with E-state index in [1.165, 1.54) is 0 Å². The van der Waals surface area contributed by atoms with E-state index in [-0.39, 0.29) is 30.4 Å². The van der Waals surface area contributed by atoms with E-state index in [9.17, 15) is 4.79 Å². The molecule has 3 heterocycles. The number of likely N-dealkylation sites (N-methyl/N-ethyl adjacent to an activating group) is 1. The zero-order chi connectivity index (χ0) is 19.4. The first-order valence-electron chi connectivity index (χ1n) is 9.66. The Balaban J connectivity index is 2.00. The van der Waals surface area contributed by atoms with Crippen LogP contribution in [0, 0.1) is 0 Å². The Hall–Kier alpha value is -1.60. The van der Waals surface area contributed by atoms with Crippen molar-refractivity contribution in [1.82, 2.24) is 14.7 Å². The molecule has 3 aliphatic rings. The second-order valence-corrected chi connectivity index (χ2v) is 8.30. The van der Waals surface area contributed by atoms with Crippen molar-refractivity contribution >= 4 is 11.7 Å². The maximum absolute atomic E-state index is 13.3. The third-order valence-corrected chi connectivity index (χ3v) is 5.92. The Morgan fingerprint density at radius 3 is 2.38 bits per heavy atom. The van der Waals surface area contributed by atoms with Gasteiger partial charge in [0, 0.05) is 31.8 Å². The maximum atomic E-state index is 13.3. The van der Waals surface area contributed by atoms with Crippen molar-refractivity contribution in [3.63, 3.8) is 0 Å². The molecule has 7 heteroatoms. The van der Waals surface area contributed by atoms with Gasteiger partial charge in [-0.05, 0) is 41.0 Å². The summed E-state index contributed by atoms with van der Waals surface area (Å²) in [4.78, 5) is 24.4. The number of hydrogen-bond donors (Lipinski definition) is 1. The van der Waals surface area contributed by atoms with Crippen LogP contribution >= 0.6 is 0 Å². The lowest BCUT2D eigenvalue weighted by molar-refractivity contribution is -0.134. The average Bonchev–Trinajstić information content (AvgIpc) is 2.78. The smallest absolute Gasteiger partial charge is 0.271 e. The monoisotopic (exact) mass is 363 g/mol. The summed E-state index contributed by atoms with van der Waals surface area (Å²) in [5, 5.41) is 0. The van der Waals surface area contributed by atoms with Gasteiger partial charge >= 0.3 is 0 Å². The molecule has 1 saturated heterocycles. The molecule has 26 heavy (non-hydrogen) atoms. The summed E-state index contributed by atoms with van der Waals surface area (Å²) in [6.07, 6.45) is 0.799. The molecule has 2 unspecified atom stereocenters. The van der Waals surface area contributed by atoms with Gasteiger partial charge in [0.15, 0.2) is 6.29 Å². The van der Waals surface area contributed by atoms with E-state index in [1.54, 1.807) is 0 Å². The molecule has 0 bridgehead atoms. The van der Waals surface area contributed by atoms with Crippen LogP contribution in [0.15, 0.2) is 16.3 Å². The lowest BCUT2D eigenvalue weighted by atomic mass is 9.87. The first kappa shape index (κ1) is 19.2. The summed E-state index contributed by atoms with van der Waals surface area (Å²) in [5.41, 5.74) is 7.62. The van der Waals surface area contributed by atoms with Crippen LogP contribution in [0.3, 0.4) is 0 Å². The van der Waals surface area contributed by atoms with E-state index >= 15 is 0 Å². The van der Waals surface area contributed by atoms with Gasteiger partial charge in [0.2, 0.25) is 0 Å². The molecular formula is C19H33N5O2. The molecule has 0 radical (unpaired) electrons. The van der Waals surface area contributed by atoms with Crippen LogP contribution in [0.25, 0.3) is 0 Å². The molecule has 0 spiro atoms. The molecule has 0 aromatic heterocycles. The van der Waals surface area contributed by atoms with E-state index in [4.69, 9.17) is 15.5 Å². The molecule has 0 saturated carbocycles. The van der Waals surface area contributed by atoms with Crippen LogP contribution in [0.1, 0.15) is 48.0 Å². The summed E-state index contributed by atoms with van der Waals surface area (Å²) in [6.45, 7) is 14.0. The van der Waals surface area contributed by atoms with E-state index in [1.807, 2.05) is 16.8 Å². The number of morpholine rings is 1. The highest BCUT2D eigenvalue weighted by atomic mass is 16.5. The van der Waals surface area contributed by atoms with E-state index < -0.39 is 5.54 Å². The third kappa shape index (κ3) is 2.72. The Bertz CT molecular complexity index is 648. The normalized spacial score (nSPS) is 36.1. The lowest BCUT2D eigenvalue weighted by Crippen LogP contribution is -2.56. The number of amides is 1. The number of rotatable bonds is 3. The minimum Gasteiger partial charge on any atom is -0.384 e. The molecule has 3 aliphatic heterocycles. The third-order valence-electron chi connectivity index (χ3n) is 5.92. The predicted molar refractivity (Wildman–Crippen MR) is 102 cm³/mol. The number of carbonyl (C=O) groups is 1. The van der Waals surface area contributed by atoms with Gasteiger partial charge in [-0.2, -0.15) is 0 Å². The number of hydrogen-bond acceptors (Lipinski definition) is 6. The van der Waals surface area contributed by atoms with Crippen LogP contribution in [0.2, 0.25) is 0 Å². The first-order valence-corrected chi connectivity index (χ1v) is 9.66. The van der Waals surface area contributed by atoms with E-state index in [2.05, 4.69) is 46.4 Å². The fourth-order valence-corrected chi connectivity index (χ4v) is 4.82. The lowest BCUT2D eigenvalue weighted by Gasteiger charge is -2.44. The summed E-state index contributed by atoms with van der Waals surface area (Å²) < 4.78 is 5.85. The highest BCUT2D eigenvalue weighted by Gasteiger charge is 2.53. The van der Waals surface area contributed by atoms with Gasteiger partial charge in [0.25, 0.3) is 5.91 Å². The minimum absolute atomic E-state index is 0.0547. The molecule has 0 aromatic carbocycles. The maximum Gasteiger partial charge on any atom is 0.271 e. The van der Waals surface area contributed by atoms with Crippen molar-refractivity contribution in [2.24, 2.45) is 10.7 Å². The number of amidine groups is 1. The fraction of sp³-hybridized carbons (Fsp3) is 0.789. The van der Waals surface area contributed by atoms with Gasteiger partial charge in [0.1, 0.15) is 11.5 Å². The average molecular weight is 364 g/mol. The van der Waals surface area contributed by atoms with Gasteiger partial charge in [-0.1, -0.05) is 6.92 Å². The van der Waals surface area contributed by atoms with E-state index in [0.717, 1.165) is 25.1 Å². The quantitative estimate of drug-likeness (QED) is 0.819. The second kappa shape index (κ2) is 6.53. The Morgan fingerprint density at radius 1 is 1.31 bits per heavy atom. The number of nitrogens with two attached hydrogens (primary N) is 1. The predicted octanol–water partition coefficient (Wildman–Crippen LogP) is 1.36. The molecular weight excluding hydrogens is 330 g/mol. The number of ether oxygens (including phenoxy) is 1. The van der Waals surface area contributed by atoms with Gasteiger partial charge in [-0.25, -0.2) is 4.99 Å². The zero-order valence-electron chi connectivity index (χ0n) is 17.1. The Kier molecular flexibility index (Phi) is 4.82. The topological polar surface area (TPSA) is 74.4 Å². The van der Waals surface area contributed by atoms with Crippen molar-refractivity contribution in [2.45, 2.75) is 78.0 Å². The second-order valence-electron chi connectivity index (χ2n) is 8.30. The fourth-order valence-electron chi connectivity index (χ4n) is 4.82. The van der Waals surface area contributed by atoms with Gasteiger partial charge < -0.3 is 20.3 Å². The van der Waals surface area contributed by atoms with E-state index in [0.29, 0.717) is 11.5 Å². The molecule has 3 rings (SSSR count). The first-order chi connectivity index (χ1) is 12.1. The summed E-state index contributed by atoms with van der Waals surface area (Å²) in [6, 6.07) is 0.0983. The van der Waals surface area contributed by atoms with Gasteiger partial charge in [-0.15, -0.1) is 0 Å². The molecule has 146 valence electrons. The number of aliphatic imine (C=N–C) groups is 1. The number of carbonyl (C=O) groups excluding carboxylic acids is 1. The molecule has 0 aromatic rings. The molecule has 0 aliphatic carbocycles. The highest BCUT2D eigenvalue weighted by Crippen LogP contribution is 2.43. The van der Waals surface area contributed by atoms with Crippen LogP contribution in [0.5, 0.6) is 0 Å². The van der Waals surface area contributed by atoms with Crippen molar-refractivity contribution in [3.05, 3.63) is 11.3 Å². The zero-order valence-corrected chi connectivity index (χ0v) is 17.1. The summed E-state index contributed by atoms with van der Waals surface area (Å²) >= 11 is 0. The van der Waals surface area contributed by atoms with Gasteiger partial charge in [0.05, 0.1) is 17.7 Å². The Morgan fingerprint density at radius 2 is 1.88 bits per heavy atom. The standard InChI is InChI=1S/C19H33N5O2/c1-8-19(6)14-15(17(25)24(19)11(2)3)22(7)18(21-16(14)20)23-9-12(4)26-13(5)10-23/h11-13,18H,8-10H2,1-7H3,(H2,20,21)/t12-,13+,18?,19?. The SMILES string of the molecule is CCC1(C)C2=C(C(=O)N1C(C)C)N(C)C(N1C[C@@H](C)O[C@@H](C)C1)N=C2N. The summed E-state index contributed by atoms with van der Waals surface area (Å²) in [7, 11) is 1.96. The van der Waals surface area contributed by atoms with Crippen LogP contribution in [-0.4, -0.2) is 76.7 Å². The minimum atomic E-state index is -0.418. The van der Waals surface area contributed by atoms with Crippen LogP contribution < -0.4 is 5.73 Å². The molecule has 4 atom stereocenters. The Labute approximate surface area is 156 Å². The number of nitrogens with zero attached hydrogens (tertiary/aromatic N) is 4. The molecule has 1 amide bonds. The largest absolute Gasteiger partial charge is 0.384 e. The van der Waals surface area contributed by atoms with Gasteiger partial charge in [-0.3, -0.25) is 9.69 Å². The van der Waals surface area contributed by atoms with Crippen molar-refractivity contribution in [2.75, 3.05) is 20.1 Å². The van der Waals surface area contributed by atoms with Crippen molar-refractivity contribution in [1.29, 1.82) is 0 Å².